The molecule has 1 atom stereocenters. The SMILES string of the molecule is CC[C@@H](O)c1ccc(Oc2ccc(C)c(C)c2)cc1. The van der Waals surface area contributed by atoms with Gasteiger partial charge in [-0.15, -0.1) is 0 Å². The summed E-state index contributed by atoms with van der Waals surface area (Å²) in [6.07, 6.45) is 0.327. The maximum absolute atomic E-state index is 9.74. The molecular formula is C17H20O2. The van der Waals surface area contributed by atoms with E-state index >= 15 is 0 Å². The Morgan fingerprint density at radius 2 is 1.58 bits per heavy atom. The molecule has 0 fully saturated rings. The Kier molecular flexibility index (Phi) is 4.23. The van der Waals surface area contributed by atoms with Gasteiger partial charge in [-0.3, -0.25) is 0 Å². The van der Waals surface area contributed by atoms with Crippen molar-refractivity contribution in [2.45, 2.75) is 33.3 Å². The summed E-state index contributed by atoms with van der Waals surface area (Å²) in [5.74, 6) is 1.63. The van der Waals surface area contributed by atoms with E-state index in [0.29, 0.717) is 0 Å². The number of aliphatic hydroxyl groups excluding tert-OH is 1. The Bertz CT molecular complexity index is 544. The van der Waals surface area contributed by atoms with Crippen molar-refractivity contribution in [3.05, 3.63) is 59.2 Å². The van der Waals surface area contributed by atoms with Gasteiger partial charge >= 0.3 is 0 Å². The van der Waals surface area contributed by atoms with Crippen LogP contribution in [0.4, 0.5) is 0 Å². The Balaban J connectivity index is 2.12. The number of aliphatic hydroxyl groups is 1. The van der Waals surface area contributed by atoms with Crippen LogP contribution in [0.5, 0.6) is 11.5 Å². The third kappa shape index (κ3) is 3.36. The summed E-state index contributed by atoms with van der Waals surface area (Å²) in [7, 11) is 0. The van der Waals surface area contributed by atoms with Gasteiger partial charge in [-0.05, 0) is 61.2 Å². The highest BCUT2D eigenvalue weighted by Crippen LogP contribution is 2.25. The number of hydrogen-bond donors (Lipinski definition) is 1. The first-order chi connectivity index (χ1) is 9.10. The van der Waals surface area contributed by atoms with Crippen molar-refractivity contribution < 1.29 is 9.84 Å². The van der Waals surface area contributed by atoms with Crippen molar-refractivity contribution >= 4 is 0 Å². The summed E-state index contributed by atoms with van der Waals surface area (Å²) in [4.78, 5) is 0. The first kappa shape index (κ1) is 13.6. The summed E-state index contributed by atoms with van der Waals surface area (Å²) < 4.78 is 5.80. The predicted octanol–water partition coefficient (Wildman–Crippen LogP) is 4.54. The highest BCUT2D eigenvalue weighted by molar-refractivity contribution is 5.38. The third-order valence-electron chi connectivity index (χ3n) is 3.37. The summed E-state index contributed by atoms with van der Waals surface area (Å²) in [6.45, 7) is 6.12. The van der Waals surface area contributed by atoms with Crippen molar-refractivity contribution in [2.75, 3.05) is 0 Å². The summed E-state index contributed by atoms with van der Waals surface area (Å²) >= 11 is 0. The normalized spacial score (nSPS) is 12.2. The fourth-order valence-corrected chi connectivity index (χ4v) is 1.91. The van der Waals surface area contributed by atoms with Gasteiger partial charge in [0.25, 0.3) is 0 Å². The average Bonchev–Trinajstić information content (AvgIpc) is 2.43. The Morgan fingerprint density at radius 3 is 2.16 bits per heavy atom. The second kappa shape index (κ2) is 5.89. The van der Waals surface area contributed by atoms with Crippen LogP contribution in [0.15, 0.2) is 42.5 Å². The maximum atomic E-state index is 9.74. The van der Waals surface area contributed by atoms with Crippen LogP contribution in [0.1, 0.15) is 36.1 Å². The van der Waals surface area contributed by atoms with Crippen LogP contribution >= 0.6 is 0 Å². The Labute approximate surface area is 114 Å². The molecule has 2 aromatic rings. The zero-order valence-electron chi connectivity index (χ0n) is 11.7. The molecule has 100 valence electrons. The van der Waals surface area contributed by atoms with Gasteiger partial charge in [0.15, 0.2) is 0 Å². The van der Waals surface area contributed by atoms with Crippen molar-refractivity contribution in [3.63, 3.8) is 0 Å². The molecule has 0 heterocycles. The molecular weight excluding hydrogens is 236 g/mol. The summed E-state index contributed by atoms with van der Waals surface area (Å²) in [5, 5.41) is 9.74. The minimum absolute atomic E-state index is 0.393. The number of rotatable bonds is 4. The van der Waals surface area contributed by atoms with Gasteiger partial charge in [0.1, 0.15) is 11.5 Å². The van der Waals surface area contributed by atoms with E-state index in [4.69, 9.17) is 4.74 Å². The molecule has 0 aliphatic rings. The molecule has 2 aromatic carbocycles. The first-order valence-corrected chi connectivity index (χ1v) is 6.63. The molecule has 0 radical (unpaired) electrons. The largest absolute Gasteiger partial charge is 0.457 e. The standard InChI is InChI=1S/C17H20O2/c1-4-17(18)14-6-9-15(10-7-14)19-16-8-5-12(2)13(3)11-16/h5-11,17-18H,4H2,1-3H3/t17-/m1/s1. The lowest BCUT2D eigenvalue weighted by Crippen LogP contribution is -1.94. The third-order valence-corrected chi connectivity index (χ3v) is 3.37. The topological polar surface area (TPSA) is 29.5 Å². The predicted molar refractivity (Wildman–Crippen MR) is 77.7 cm³/mol. The molecule has 0 aliphatic carbocycles. The quantitative estimate of drug-likeness (QED) is 0.870. The smallest absolute Gasteiger partial charge is 0.127 e. The summed E-state index contributed by atoms with van der Waals surface area (Å²) in [6, 6.07) is 13.7. The van der Waals surface area contributed by atoms with Gasteiger partial charge < -0.3 is 9.84 Å². The van der Waals surface area contributed by atoms with Gasteiger partial charge in [-0.1, -0.05) is 25.1 Å². The summed E-state index contributed by atoms with van der Waals surface area (Å²) in [5.41, 5.74) is 3.40. The van der Waals surface area contributed by atoms with E-state index in [1.165, 1.54) is 11.1 Å². The van der Waals surface area contributed by atoms with E-state index in [0.717, 1.165) is 23.5 Å². The molecule has 2 nitrogen and oxygen atoms in total. The molecule has 0 aromatic heterocycles. The van der Waals surface area contributed by atoms with E-state index in [2.05, 4.69) is 19.9 Å². The molecule has 0 amide bonds. The van der Waals surface area contributed by atoms with E-state index in [1.54, 1.807) is 0 Å². The van der Waals surface area contributed by atoms with Crippen molar-refractivity contribution in [1.29, 1.82) is 0 Å². The van der Waals surface area contributed by atoms with Crippen LogP contribution < -0.4 is 4.74 Å². The zero-order chi connectivity index (χ0) is 13.8. The van der Waals surface area contributed by atoms with Gasteiger partial charge in [0.05, 0.1) is 6.10 Å². The second-order valence-corrected chi connectivity index (χ2v) is 4.84. The molecule has 2 heteroatoms. The number of hydrogen-bond acceptors (Lipinski definition) is 2. The lowest BCUT2D eigenvalue weighted by Gasteiger charge is -2.11. The molecule has 0 saturated carbocycles. The van der Waals surface area contributed by atoms with Crippen molar-refractivity contribution in [1.82, 2.24) is 0 Å². The van der Waals surface area contributed by atoms with Crippen LogP contribution in [0.25, 0.3) is 0 Å². The van der Waals surface area contributed by atoms with Gasteiger partial charge in [-0.25, -0.2) is 0 Å². The van der Waals surface area contributed by atoms with E-state index in [1.807, 2.05) is 43.3 Å². The van der Waals surface area contributed by atoms with E-state index in [9.17, 15) is 5.11 Å². The fourth-order valence-electron chi connectivity index (χ4n) is 1.91. The van der Waals surface area contributed by atoms with Crippen molar-refractivity contribution in [2.24, 2.45) is 0 Å². The number of ether oxygens (including phenoxy) is 1. The molecule has 0 aliphatic heterocycles. The molecule has 2 rings (SSSR count). The molecule has 0 saturated heterocycles. The lowest BCUT2D eigenvalue weighted by atomic mass is 10.1. The van der Waals surface area contributed by atoms with E-state index < -0.39 is 6.10 Å². The minimum atomic E-state index is -0.393. The molecule has 1 N–H and O–H groups in total. The Hall–Kier alpha value is -1.80. The minimum Gasteiger partial charge on any atom is -0.457 e. The van der Waals surface area contributed by atoms with E-state index in [-0.39, 0.29) is 0 Å². The fraction of sp³-hybridized carbons (Fsp3) is 0.294. The van der Waals surface area contributed by atoms with Crippen molar-refractivity contribution in [3.8, 4) is 11.5 Å². The molecule has 0 spiro atoms. The molecule has 0 unspecified atom stereocenters. The number of aryl methyl sites for hydroxylation is 2. The van der Waals surface area contributed by atoms with Gasteiger partial charge in [0.2, 0.25) is 0 Å². The highest BCUT2D eigenvalue weighted by atomic mass is 16.5. The monoisotopic (exact) mass is 256 g/mol. The van der Waals surface area contributed by atoms with Crippen LogP contribution in [-0.2, 0) is 0 Å². The molecule has 0 bridgehead atoms. The molecule has 19 heavy (non-hydrogen) atoms. The van der Waals surface area contributed by atoms with Gasteiger partial charge in [0, 0.05) is 0 Å². The average molecular weight is 256 g/mol. The first-order valence-electron chi connectivity index (χ1n) is 6.63. The number of benzene rings is 2. The van der Waals surface area contributed by atoms with Gasteiger partial charge in [-0.2, -0.15) is 0 Å². The lowest BCUT2D eigenvalue weighted by molar-refractivity contribution is 0.173. The van der Waals surface area contributed by atoms with Crippen LogP contribution in [0, 0.1) is 13.8 Å². The zero-order valence-corrected chi connectivity index (χ0v) is 11.7. The van der Waals surface area contributed by atoms with Crippen LogP contribution in [0.2, 0.25) is 0 Å². The highest BCUT2D eigenvalue weighted by Gasteiger charge is 2.05. The van der Waals surface area contributed by atoms with Crippen LogP contribution in [0.3, 0.4) is 0 Å². The maximum Gasteiger partial charge on any atom is 0.127 e. The van der Waals surface area contributed by atoms with Crippen LogP contribution in [-0.4, -0.2) is 5.11 Å². The Morgan fingerprint density at radius 1 is 0.947 bits per heavy atom. The second-order valence-electron chi connectivity index (χ2n) is 4.84.